The monoisotopic (exact) mass is 339 g/mol. The van der Waals surface area contributed by atoms with Gasteiger partial charge >= 0.3 is 0 Å². The van der Waals surface area contributed by atoms with Gasteiger partial charge in [0.1, 0.15) is 18.3 Å². The molecule has 1 heterocycles. The van der Waals surface area contributed by atoms with Crippen LogP contribution in [0.4, 0.5) is 11.4 Å². The molecule has 0 radical (unpaired) electrons. The zero-order valence-corrected chi connectivity index (χ0v) is 12.6. The van der Waals surface area contributed by atoms with Crippen LogP contribution in [0.5, 0.6) is 0 Å². The summed E-state index contributed by atoms with van der Waals surface area (Å²) in [6.07, 6.45) is 3.09. The predicted molar refractivity (Wildman–Crippen MR) is 78.6 cm³/mol. The largest absolute Gasteiger partial charge is 0.375 e. The number of aromatic nitrogens is 3. The molecule has 7 nitrogen and oxygen atoms in total. The maximum atomic E-state index is 11.1. The number of halogens is 1. The van der Waals surface area contributed by atoms with Crippen LogP contribution in [-0.4, -0.2) is 25.7 Å². The lowest BCUT2D eigenvalue weighted by Gasteiger charge is -2.22. The van der Waals surface area contributed by atoms with Crippen molar-refractivity contribution in [3.05, 3.63) is 45.4 Å². The third kappa shape index (κ3) is 3.13. The lowest BCUT2D eigenvalue weighted by atomic mass is 10.1. The molecule has 8 heteroatoms. The first-order valence-electron chi connectivity index (χ1n) is 6.03. The first kappa shape index (κ1) is 14.4. The maximum Gasteiger partial charge on any atom is 0.293 e. The van der Waals surface area contributed by atoms with Gasteiger partial charge in [-0.1, -0.05) is 15.9 Å². The van der Waals surface area contributed by atoms with Crippen LogP contribution in [0.3, 0.4) is 0 Å². The highest BCUT2D eigenvalue weighted by Crippen LogP contribution is 2.29. The lowest BCUT2D eigenvalue weighted by molar-refractivity contribution is -0.384. The smallest absolute Gasteiger partial charge is 0.293 e. The number of nitro groups is 1. The van der Waals surface area contributed by atoms with E-state index in [2.05, 4.69) is 31.3 Å². The van der Waals surface area contributed by atoms with Gasteiger partial charge in [-0.15, -0.1) is 0 Å². The average molecular weight is 340 g/mol. The highest BCUT2D eigenvalue weighted by molar-refractivity contribution is 9.10. The van der Waals surface area contributed by atoms with Crippen molar-refractivity contribution >= 4 is 27.3 Å². The van der Waals surface area contributed by atoms with Crippen LogP contribution < -0.4 is 5.32 Å². The van der Waals surface area contributed by atoms with Gasteiger partial charge in [-0.2, -0.15) is 5.10 Å². The third-order valence-electron chi connectivity index (χ3n) is 3.12. The Morgan fingerprint density at radius 3 is 2.80 bits per heavy atom. The number of anilines is 1. The van der Waals surface area contributed by atoms with E-state index in [1.807, 2.05) is 13.8 Å². The minimum absolute atomic E-state index is 0.0146. The van der Waals surface area contributed by atoms with Gasteiger partial charge in [-0.3, -0.25) is 10.1 Å². The van der Waals surface area contributed by atoms with Crippen molar-refractivity contribution in [1.29, 1.82) is 0 Å². The van der Waals surface area contributed by atoms with Crippen molar-refractivity contribution in [2.75, 3.05) is 5.32 Å². The normalized spacial score (nSPS) is 13.8. The van der Waals surface area contributed by atoms with E-state index >= 15 is 0 Å². The zero-order valence-electron chi connectivity index (χ0n) is 11.0. The summed E-state index contributed by atoms with van der Waals surface area (Å²) in [5, 5.41) is 18.3. The van der Waals surface area contributed by atoms with E-state index in [1.54, 1.807) is 23.1 Å². The number of nitrogens with zero attached hydrogens (tertiary/aromatic N) is 4. The van der Waals surface area contributed by atoms with Gasteiger partial charge in [0, 0.05) is 16.6 Å². The molecule has 0 bridgehead atoms. The van der Waals surface area contributed by atoms with Crippen LogP contribution in [0.15, 0.2) is 35.3 Å². The fourth-order valence-corrected chi connectivity index (χ4v) is 2.15. The fraction of sp³-hybridized carbons (Fsp3) is 0.333. The van der Waals surface area contributed by atoms with Gasteiger partial charge in [0.05, 0.1) is 11.0 Å². The standard InChI is InChI=1S/C12H14BrN5O2/c1-8(9(2)17-7-14-6-15-17)16-11-4-3-10(13)5-12(11)18(19)20/h3-9,16H,1-2H3. The van der Waals surface area contributed by atoms with Crippen molar-refractivity contribution in [3.8, 4) is 0 Å². The molecule has 2 aromatic rings. The highest BCUT2D eigenvalue weighted by atomic mass is 79.9. The minimum Gasteiger partial charge on any atom is -0.375 e. The van der Waals surface area contributed by atoms with Gasteiger partial charge in [-0.05, 0) is 26.0 Å². The molecule has 0 spiro atoms. The van der Waals surface area contributed by atoms with E-state index in [1.165, 1.54) is 12.4 Å². The van der Waals surface area contributed by atoms with Crippen LogP contribution in [0.25, 0.3) is 0 Å². The number of hydrogen-bond acceptors (Lipinski definition) is 5. The van der Waals surface area contributed by atoms with E-state index in [9.17, 15) is 10.1 Å². The predicted octanol–water partition coefficient (Wildman–Crippen LogP) is 3.01. The molecule has 1 aromatic heterocycles. The second-order valence-electron chi connectivity index (χ2n) is 4.47. The topological polar surface area (TPSA) is 85.9 Å². The van der Waals surface area contributed by atoms with Gasteiger partial charge in [-0.25, -0.2) is 9.67 Å². The molecule has 2 rings (SSSR count). The Balaban J connectivity index is 2.19. The minimum atomic E-state index is -0.403. The maximum absolute atomic E-state index is 11.1. The lowest BCUT2D eigenvalue weighted by Crippen LogP contribution is -2.27. The molecule has 2 unspecified atom stereocenters. The van der Waals surface area contributed by atoms with Gasteiger partial charge < -0.3 is 5.32 Å². The SMILES string of the molecule is CC(Nc1ccc(Br)cc1[N+](=O)[O-])C(C)n1cncn1. The van der Waals surface area contributed by atoms with Gasteiger partial charge in [0.25, 0.3) is 5.69 Å². The van der Waals surface area contributed by atoms with Crippen molar-refractivity contribution in [3.63, 3.8) is 0 Å². The Labute approximate surface area is 124 Å². The van der Waals surface area contributed by atoms with Crippen LogP contribution >= 0.6 is 15.9 Å². The van der Waals surface area contributed by atoms with Crippen LogP contribution in [0, 0.1) is 10.1 Å². The summed E-state index contributed by atoms with van der Waals surface area (Å²) in [6, 6.07) is 4.90. The van der Waals surface area contributed by atoms with E-state index < -0.39 is 4.92 Å². The Morgan fingerprint density at radius 1 is 1.45 bits per heavy atom. The molecule has 0 saturated carbocycles. The van der Waals surface area contributed by atoms with Crippen molar-refractivity contribution in [2.45, 2.75) is 25.9 Å². The molecule has 1 aromatic carbocycles. The van der Waals surface area contributed by atoms with Crippen LogP contribution in [0.2, 0.25) is 0 Å². The van der Waals surface area contributed by atoms with Crippen molar-refractivity contribution < 1.29 is 4.92 Å². The number of rotatable bonds is 5. The summed E-state index contributed by atoms with van der Waals surface area (Å²) in [4.78, 5) is 14.6. The summed E-state index contributed by atoms with van der Waals surface area (Å²) in [7, 11) is 0. The van der Waals surface area contributed by atoms with E-state index in [0.29, 0.717) is 10.2 Å². The third-order valence-corrected chi connectivity index (χ3v) is 3.61. The quantitative estimate of drug-likeness (QED) is 0.668. The Kier molecular flexibility index (Phi) is 4.33. The number of hydrogen-bond donors (Lipinski definition) is 1. The Hall–Kier alpha value is -1.96. The van der Waals surface area contributed by atoms with Gasteiger partial charge in [0.15, 0.2) is 0 Å². The van der Waals surface area contributed by atoms with E-state index in [-0.39, 0.29) is 17.8 Å². The second kappa shape index (κ2) is 6.00. The first-order valence-corrected chi connectivity index (χ1v) is 6.83. The van der Waals surface area contributed by atoms with E-state index in [4.69, 9.17) is 0 Å². The molecule has 20 heavy (non-hydrogen) atoms. The molecular weight excluding hydrogens is 326 g/mol. The van der Waals surface area contributed by atoms with E-state index in [0.717, 1.165) is 0 Å². The summed E-state index contributed by atoms with van der Waals surface area (Å²) < 4.78 is 2.38. The van der Waals surface area contributed by atoms with Crippen molar-refractivity contribution in [1.82, 2.24) is 14.8 Å². The molecule has 0 saturated heterocycles. The zero-order chi connectivity index (χ0) is 14.7. The summed E-state index contributed by atoms with van der Waals surface area (Å²) in [6.45, 7) is 3.91. The molecule has 0 aliphatic carbocycles. The Bertz CT molecular complexity index is 602. The second-order valence-corrected chi connectivity index (χ2v) is 5.38. The number of nitrogens with one attached hydrogen (secondary N) is 1. The summed E-state index contributed by atoms with van der Waals surface area (Å²) in [5.41, 5.74) is 0.523. The van der Waals surface area contributed by atoms with Crippen molar-refractivity contribution in [2.24, 2.45) is 0 Å². The number of benzene rings is 1. The fourth-order valence-electron chi connectivity index (χ4n) is 1.80. The van der Waals surface area contributed by atoms with Crippen LogP contribution in [-0.2, 0) is 0 Å². The molecule has 0 amide bonds. The molecule has 0 aliphatic rings. The first-order chi connectivity index (χ1) is 9.49. The molecule has 106 valence electrons. The molecule has 0 fully saturated rings. The summed E-state index contributed by atoms with van der Waals surface area (Å²) >= 11 is 3.24. The molecular formula is C12H14BrN5O2. The highest BCUT2D eigenvalue weighted by Gasteiger charge is 2.20. The number of nitro benzene ring substituents is 1. The Morgan fingerprint density at radius 2 is 2.20 bits per heavy atom. The molecule has 0 aliphatic heterocycles. The molecule has 1 N–H and O–H groups in total. The summed E-state index contributed by atoms with van der Waals surface area (Å²) in [5.74, 6) is 0. The molecule has 2 atom stereocenters. The average Bonchev–Trinajstić information content (AvgIpc) is 2.93. The van der Waals surface area contributed by atoms with Gasteiger partial charge in [0.2, 0.25) is 0 Å². The van der Waals surface area contributed by atoms with Crippen LogP contribution in [0.1, 0.15) is 19.9 Å².